The molecule has 2 aromatic rings. The van der Waals surface area contributed by atoms with Crippen molar-refractivity contribution >= 4 is 39.3 Å². The van der Waals surface area contributed by atoms with Crippen LogP contribution >= 0.6 is 15.9 Å². The van der Waals surface area contributed by atoms with Crippen LogP contribution < -0.4 is 10.1 Å². The number of fused-ring (bicyclic) bond motifs is 2. The molecule has 1 N–H and O–H groups in total. The van der Waals surface area contributed by atoms with Crippen LogP contribution in [0.1, 0.15) is 34.3 Å². The Morgan fingerprint density at radius 1 is 1.06 bits per heavy atom. The molecule has 7 nitrogen and oxygen atoms in total. The van der Waals surface area contributed by atoms with Gasteiger partial charge in [0.05, 0.1) is 30.0 Å². The summed E-state index contributed by atoms with van der Waals surface area (Å²) in [6.07, 6.45) is 0. The molecule has 1 atom stereocenters. The standard InChI is InChI=1S/C24H20BrNO6/c1-12-19(24(29)31-3)20(13-8-9-17(16(25)10-13)32-11-18(27)30-2)21-22(26-12)14-6-4-5-7-15(14)23(21)28/h4-10,20,26H,11H2,1-3H3/t20-/m1/s1. The number of carbonyl (C=O) groups excluding carboxylic acids is 3. The van der Waals surface area contributed by atoms with Gasteiger partial charge < -0.3 is 19.5 Å². The predicted octanol–water partition coefficient (Wildman–Crippen LogP) is 3.74. The van der Waals surface area contributed by atoms with Gasteiger partial charge in [-0.3, -0.25) is 4.79 Å². The number of halogens is 1. The molecule has 1 aliphatic carbocycles. The average molecular weight is 498 g/mol. The van der Waals surface area contributed by atoms with Crippen molar-refractivity contribution in [1.29, 1.82) is 0 Å². The zero-order valence-electron chi connectivity index (χ0n) is 17.7. The molecule has 0 spiro atoms. The van der Waals surface area contributed by atoms with Crippen molar-refractivity contribution in [1.82, 2.24) is 5.32 Å². The number of hydrogen-bond acceptors (Lipinski definition) is 7. The fraction of sp³-hybridized carbons (Fsp3) is 0.208. The second kappa shape index (κ2) is 8.63. The highest BCUT2D eigenvalue weighted by Gasteiger charge is 2.42. The minimum absolute atomic E-state index is 0.135. The van der Waals surface area contributed by atoms with E-state index in [1.54, 1.807) is 31.2 Å². The molecular weight excluding hydrogens is 478 g/mol. The van der Waals surface area contributed by atoms with E-state index in [4.69, 9.17) is 9.47 Å². The Balaban J connectivity index is 1.81. The summed E-state index contributed by atoms with van der Waals surface area (Å²) in [5.41, 5.74) is 4.27. The van der Waals surface area contributed by atoms with Gasteiger partial charge in [0.25, 0.3) is 0 Å². The molecule has 2 aliphatic rings. The number of dihydropyridines is 1. The molecule has 0 aromatic heterocycles. The largest absolute Gasteiger partial charge is 0.481 e. The summed E-state index contributed by atoms with van der Waals surface area (Å²) >= 11 is 3.47. The zero-order valence-corrected chi connectivity index (χ0v) is 19.2. The Hall–Kier alpha value is -3.39. The van der Waals surface area contributed by atoms with Gasteiger partial charge in [0.1, 0.15) is 5.75 Å². The number of carbonyl (C=O) groups is 3. The zero-order chi connectivity index (χ0) is 23.0. The van der Waals surface area contributed by atoms with Gasteiger partial charge in [0, 0.05) is 28.3 Å². The summed E-state index contributed by atoms with van der Waals surface area (Å²) in [5, 5.41) is 3.24. The van der Waals surface area contributed by atoms with Gasteiger partial charge in [-0.2, -0.15) is 0 Å². The van der Waals surface area contributed by atoms with Crippen molar-refractivity contribution in [2.75, 3.05) is 20.8 Å². The summed E-state index contributed by atoms with van der Waals surface area (Å²) in [5.74, 6) is -1.36. The number of allylic oxidation sites excluding steroid dienone is 2. The molecule has 8 heteroatoms. The second-order valence-corrected chi connectivity index (χ2v) is 8.16. The lowest BCUT2D eigenvalue weighted by Crippen LogP contribution is -2.29. The highest BCUT2D eigenvalue weighted by Crippen LogP contribution is 2.47. The van der Waals surface area contributed by atoms with Gasteiger partial charge >= 0.3 is 11.9 Å². The first-order valence-corrected chi connectivity index (χ1v) is 10.6. The summed E-state index contributed by atoms with van der Waals surface area (Å²) in [7, 11) is 2.60. The van der Waals surface area contributed by atoms with Crippen LogP contribution in [0.5, 0.6) is 5.75 Å². The van der Waals surface area contributed by atoms with Gasteiger partial charge in [0.15, 0.2) is 12.4 Å². The molecule has 0 amide bonds. The Bertz CT molecular complexity index is 1210. The van der Waals surface area contributed by atoms with E-state index in [9.17, 15) is 14.4 Å². The van der Waals surface area contributed by atoms with Crippen LogP contribution in [0.25, 0.3) is 5.70 Å². The quantitative estimate of drug-likeness (QED) is 0.629. The van der Waals surface area contributed by atoms with Crippen LogP contribution in [0, 0.1) is 0 Å². The molecule has 4 rings (SSSR count). The van der Waals surface area contributed by atoms with Crippen molar-refractivity contribution in [2.24, 2.45) is 0 Å². The van der Waals surface area contributed by atoms with E-state index in [2.05, 4.69) is 26.0 Å². The number of nitrogens with one attached hydrogen (secondary N) is 1. The SMILES string of the molecule is COC(=O)COc1ccc([C@@H]2C(C(=O)OC)=C(C)NC3=C2C(=O)c2ccccc23)cc1Br. The maximum Gasteiger partial charge on any atom is 0.343 e. The first-order chi connectivity index (χ1) is 15.4. The van der Waals surface area contributed by atoms with Gasteiger partial charge in [-0.15, -0.1) is 0 Å². The van der Waals surface area contributed by atoms with Gasteiger partial charge in [-0.05, 0) is 40.5 Å². The number of rotatable bonds is 5. The van der Waals surface area contributed by atoms with E-state index >= 15 is 0 Å². The van der Waals surface area contributed by atoms with Crippen LogP contribution in [0.4, 0.5) is 0 Å². The van der Waals surface area contributed by atoms with Gasteiger partial charge in [-0.25, -0.2) is 9.59 Å². The minimum Gasteiger partial charge on any atom is -0.481 e. The number of Topliss-reactive ketones (excluding diaryl/α,β-unsaturated/α-hetero) is 1. The third-order valence-electron chi connectivity index (χ3n) is 5.52. The molecule has 0 saturated heterocycles. The third-order valence-corrected chi connectivity index (χ3v) is 6.14. The van der Waals surface area contributed by atoms with E-state index in [1.165, 1.54) is 14.2 Å². The van der Waals surface area contributed by atoms with Crippen LogP contribution in [0.3, 0.4) is 0 Å². The summed E-state index contributed by atoms with van der Waals surface area (Å²) < 4.78 is 15.7. The van der Waals surface area contributed by atoms with E-state index in [0.29, 0.717) is 43.9 Å². The molecule has 1 heterocycles. The van der Waals surface area contributed by atoms with Crippen molar-refractivity contribution in [3.05, 3.63) is 80.5 Å². The summed E-state index contributed by atoms with van der Waals surface area (Å²) in [6, 6.07) is 12.6. The van der Waals surface area contributed by atoms with Gasteiger partial charge in [0.2, 0.25) is 0 Å². The minimum atomic E-state index is -0.635. The Morgan fingerprint density at radius 2 is 1.78 bits per heavy atom. The molecule has 0 radical (unpaired) electrons. The smallest absolute Gasteiger partial charge is 0.343 e. The van der Waals surface area contributed by atoms with Gasteiger partial charge in [-0.1, -0.05) is 30.3 Å². The summed E-state index contributed by atoms with van der Waals surface area (Å²) in [6.45, 7) is 1.55. The van der Waals surface area contributed by atoms with Crippen LogP contribution in [-0.4, -0.2) is 38.5 Å². The number of esters is 2. The van der Waals surface area contributed by atoms with Crippen LogP contribution in [0.15, 0.2) is 63.8 Å². The van der Waals surface area contributed by atoms with Crippen molar-refractivity contribution in [3.8, 4) is 5.75 Å². The monoisotopic (exact) mass is 497 g/mol. The highest BCUT2D eigenvalue weighted by molar-refractivity contribution is 9.10. The number of ether oxygens (including phenoxy) is 3. The molecule has 0 unspecified atom stereocenters. The molecule has 0 saturated carbocycles. The fourth-order valence-electron chi connectivity index (χ4n) is 4.05. The first kappa shape index (κ1) is 21.8. The van der Waals surface area contributed by atoms with E-state index in [-0.39, 0.29) is 12.4 Å². The topological polar surface area (TPSA) is 90.9 Å². The fourth-order valence-corrected chi connectivity index (χ4v) is 4.56. The second-order valence-electron chi connectivity index (χ2n) is 7.31. The normalized spacial score (nSPS) is 16.9. The molecule has 2 aromatic carbocycles. The van der Waals surface area contributed by atoms with E-state index in [1.807, 2.05) is 18.2 Å². The number of benzene rings is 2. The van der Waals surface area contributed by atoms with Crippen molar-refractivity contribution in [2.45, 2.75) is 12.8 Å². The summed E-state index contributed by atoms with van der Waals surface area (Å²) in [4.78, 5) is 37.5. The molecular formula is C24H20BrNO6. The van der Waals surface area contributed by atoms with Crippen LogP contribution in [-0.2, 0) is 19.1 Å². The maximum absolute atomic E-state index is 13.4. The third kappa shape index (κ3) is 3.60. The highest BCUT2D eigenvalue weighted by atomic mass is 79.9. The molecule has 0 fully saturated rings. The molecule has 1 aliphatic heterocycles. The number of ketones is 1. The first-order valence-electron chi connectivity index (χ1n) is 9.80. The molecule has 164 valence electrons. The number of hydrogen-bond donors (Lipinski definition) is 1. The predicted molar refractivity (Wildman–Crippen MR) is 120 cm³/mol. The maximum atomic E-state index is 13.4. The van der Waals surface area contributed by atoms with Crippen molar-refractivity contribution in [3.63, 3.8) is 0 Å². The molecule has 0 bridgehead atoms. The lowest BCUT2D eigenvalue weighted by atomic mass is 9.80. The lowest BCUT2D eigenvalue weighted by molar-refractivity contribution is -0.143. The van der Waals surface area contributed by atoms with Crippen LogP contribution in [0.2, 0.25) is 0 Å². The Morgan fingerprint density at radius 3 is 2.44 bits per heavy atom. The van der Waals surface area contributed by atoms with E-state index in [0.717, 1.165) is 5.56 Å². The lowest BCUT2D eigenvalue weighted by Gasteiger charge is -2.29. The molecule has 32 heavy (non-hydrogen) atoms. The Labute approximate surface area is 193 Å². The van der Waals surface area contributed by atoms with E-state index < -0.39 is 17.9 Å². The Kier molecular flexibility index (Phi) is 5.88. The number of methoxy groups -OCH3 is 2. The average Bonchev–Trinajstić information content (AvgIpc) is 3.08. The van der Waals surface area contributed by atoms with Crippen molar-refractivity contribution < 1.29 is 28.6 Å².